The lowest BCUT2D eigenvalue weighted by molar-refractivity contribution is 0.421. The van der Waals surface area contributed by atoms with Crippen molar-refractivity contribution >= 4 is 0 Å². The van der Waals surface area contributed by atoms with Crippen molar-refractivity contribution in [1.82, 2.24) is 20.3 Å². The average molecular weight is 270 g/mol. The van der Waals surface area contributed by atoms with Gasteiger partial charge in [0.05, 0.1) is 17.6 Å². The summed E-state index contributed by atoms with van der Waals surface area (Å²) in [7, 11) is 0. The normalized spacial score (nSPS) is 14.6. The molecular formula is C16H22N4. The summed E-state index contributed by atoms with van der Waals surface area (Å²) in [4.78, 5) is 0. The first-order valence-electron chi connectivity index (χ1n) is 7.30. The van der Waals surface area contributed by atoms with Crippen molar-refractivity contribution in [3.8, 4) is 5.69 Å². The lowest BCUT2D eigenvalue weighted by Gasteiger charge is -2.19. The SMILES string of the molecule is CC(C)(C)NCc1cn(-c2ccc3c(c2)CCC3)nn1. The molecule has 4 heteroatoms. The summed E-state index contributed by atoms with van der Waals surface area (Å²) in [6, 6.07) is 6.62. The van der Waals surface area contributed by atoms with Crippen LogP contribution in [-0.2, 0) is 19.4 Å². The van der Waals surface area contributed by atoms with Crippen LogP contribution in [0.1, 0.15) is 44.0 Å². The Labute approximate surface area is 120 Å². The molecule has 20 heavy (non-hydrogen) atoms. The van der Waals surface area contributed by atoms with Gasteiger partial charge in [-0.3, -0.25) is 0 Å². The minimum absolute atomic E-state index is 0.0946. The van der Waals surface area contributed by atoms with Gasteiger partial charge in [-0.2, -0.15) is 0 Å². The summed E-state index contributed by atoms with van der Waals surface area (Å²) in [5, 5.41) is 11.9. The second-order valence-electron chi connectivity index (χ2n) is 6.56. The van der Waals surface area contributed by atoms with Crippen molar-refractivity contribution in [2.45, 2.75) is 52.1 Å². The molecule has 1 heterocycles. The third-order valence-electron chi connectivity index (χ3n) is 3.69. The number of benzene rings is 1. The first-order valence-corrected chi connectivity index (χ1v) is 7.30. The Morgan fingerprint density at radius 3 is 2.80 bits per heavy atom. The number of nitrogens with one attached hydrogen (secondary N) is 1. The number of hydrogen-bond donors (Lipinski definition) is 1. The summed E-state index contributed by atoms with van der Waals surface area (Å²) in [6.07, 6.45) is 5.69. The Balaban J connectivity index is 1.76. The van der Waals surface area contributed by atoms with Crippen LogP contribution >= 0.6 is 0 Å². The topological polar surface area (TPSA) is 42.7 Å². The average Bonchev–Trinajstić information content (AvgIpc) is 3.03. The quantitative estimate of drug-likeness (QED) is 0.932. The number of aromatic nitrogens is 3. The summed E-state index contributed by atoms with van der Waals surface area (Å²) in [6.45, 7) is 7.20. The molecule has 1 aliphatic rings. The maximum absolute atomic E-state index is 4.24. The molecule has 0 spiro atoms. The number of nitrogens with zero attached hydrogens (tertiary/aromatic N) is 3. The second kappa shape index (κ2) is 5.02. The molecule has 1 N–H and O–H groups in total. The van der Waals surface area contributed by atoms with Gasteiger partial charge in [-0.1, -0.05) is 11.3 Å². The molecular weight excluding hydrogens is 248 g/mol. The molecule has 0 atom stereocenters. The van der Waals surface area contributed by atoms with Gasteiger partial charge < -0.3 is 5.32 Å². The summed E-state index contributed by atoms with van der Waals surface area (Å²) in [5.41, 5.74) is 5.13. The number of hydrogen-bond acceptors (Lipinski definition) is 3. The van der Waals surface area contributed by atoms with Crippen LogP contribution in [0.5, 0.6) is 0 Å². The van der Waals surface area contributed by atoms with E-state index < -0.39 is 0 Å². The van der Waals surface area contributed by atoms with Gasteiger partial charge in [-0.25, -0.2) is 4.68 Å². The van der Waals surface area contributed by atoms with Gasteiger partial charge in [-0.05, 0) is 63.3 Å². The molecule has 0 unspecified atom stereocenters. The molecule has 0 saturated heterocycles. The van der Waals surface area contributed by atoms with Gasteiger partial charge in [0.1, 0.15) is 0 Å². The van der Waals surface area contributed by atoms with Gasteiger partial charge in [-0.15, -0.1) is 5.10 Å². The van der Waals surface area contributed by atoms with Crippen LogP contribution in [0.15, 0.2) is 24.4 Å². The van der Waals surface area contributed by atoms with E-state index in [1.54, 1.807) is 0 Å². The monoisotopic (exact) mass is 270 g/mol. The van der Waals surface area contributed by atoms with Crippen LogP contribution in [0.2, 0.25) is 0 Å². The van der Waals surface area contributed by atoms with Crippen LogP contribution in [0.25, 0.3) is 5.69 Å². The predicted octanol–water partition coefficient (Wildman–Crippen LogP) is 2.64. The molecule has 0 saturated carbocycles. The summed E-state index contributed by atoms with van der Waals surface area (Å²) < 4.78 is 1.87. The van der Waals surface area contributed by atoms with E-state index in [4.69, 9.17) is 0 Å². The van der Waals surface area contributed by atoms with Gasteiger partial charge in [0, 0.05) is 12.1 Å². The molecule has 106 valence electrons. The molecule has 0 aliphatic heterocycles. The van der Waals surface area contributed by atoms with Gasteiger partial charge in [0.2, 0.25) is 0 Å². The van der Waals surface area contributed by atoms with E-state index in [-0.39, 0.29) is 5.54 Å². The Hall–Kier alpha value is -1.68. The van der Waals surface area contributed by atoms with E-state index in [0.29, 0.717) is 0 Å². The Morgan fingerprint density at radius 1 is 1.20 bits per heavy atom. The van der Waals surface area contributed by atoms with E-state index in [2.05, 4.69) is 54.6 Å². The van der Waals surface area contributed by atoms with Gasteiger partial charge in [0.25, 0.3) is 0 Å². The minimum atomic E-state index is 0.0946. The van der Waals surface area contributed by atoms with Crippen LogP contribution < -0.4 is 5.32 Å². The fourth-order valence-corrected chi connectivity index (χ4v) is 2.56. The van der Waals surface area contributed by atoms with E-state index >= 15 is 0 Å². The molecule has 4 nitrogen and oxygen atoms in total. The van der Waals surface area contributed by atoms with Crippen LogP contribution in [-0.4, -0.2) is 20.5 Å². The van der Waals surface area contributed by atoms with Gasteiger partial charge >= 0.3 is 0 Å². The van der Waals surface area contributed by atoms with Crippen molar-refractivity contribution in [2.75, 3.05) is 0 Å². The number of aryl methyl sites for hydroxylation is 2. The Bertz CT molecular complexity index is 607. The third kappa shape index (κ3) is 2.90. The number of rotatable bonds is 3. The highest BCUT2D eigenvalue weighted by Crippen LogP contribution is 2.24. The Morgan fingerprint density at radius 2 is 2.00 bits per heavy atom. The maximum atomic E-state index is 4.24. The zero-order chi connectivity index (χ0) is 14.2. The predicted molar refractivity (Wildman–Crippen MR) is 80.0 cm³/mol. The molecule has 0 fully saturated rings. The molecule has 0 radical (unpaired) electrons. The van der Waals surface area contributed by atoms with E-state index in [0.717, 1.165) is 17.9 Å². The lowest BCUT2D eigenvalue weighted by atomic mass is 10.1. The standard InChI is InChI=1S/C16H22N4/c1-16(2,3)17-10-14-11-20(19-18-14)15-8-7-12-5-4-6-13(12)9-15/h7-9,11,17H,4-6,10H2,1-3H3. The molecule has 0 bridgehead atoms. The van der Waals surface area contributed by atoms with Crippen molar-refractivity contribution in [2.24, 2.45) is 0 Å². The van der Waals surface area contributed by atoms with Crippen molar-refractivity contribution in [3.05, 3.63) is 41.2 Å². The van der Waals surface area contributed by atoms with E-state index in [1.807, 2.05) is 10.9 Å². The zero-order valence-corrected chi connectivity index (χ0v) is 12.5. The first kappa shape index (κ1) is 13.3. The fraction of sp³-hybridized carbons (Fsp3) is 0.500. The maximum Gasteiger partial charge on any atom is 0.0969 e. The molecule has 1 aromatic heterocycles. The van der Waals surface area contributed by atoms with Crippen LogP contribution in [0, 0.1) is 0 Å². The molecule has 1 aliphatic carbocycles. The van der Waals surface area contributed by atoms with Crippen molar-refractivity contribution < 1.29 is 0 Å². The summed E-state index contributed by atoms with van der Waals surface area (Å²) >= 11 is 0. The van der Waals surface area contributed by atoms with Crippen LogP contribution in [0.3, 0.4) is 0 Å². The minimum Gasteiger partial charge on any atom is -0.306 e. The highest BCUT2D eigenvalue weighted by Gasteiger charge is 2.13. The van der Waals surface area contributed by atoms with Crippen molar-refractivity contribution in [1.29, 1.82) is 0 Å². The van der Waals surface area contributed by atoms with E-state index in [9.17, 15) is 0 Å². The molecule has 1 aromatic carbocycles. The van der Waals surface area contributed by atoms with Crippen molar-refractivity contribution in [3.63, 3.8) is 0 Å². The lowest BCUT2D eigenvalue weighted by Crippen LogP contribution is -2.35. The molecule has 3 rings (SSSR count). The highest BCUT2D eigenvalue weighted by molar-refractivity contribution is 5.42. The second-order valence-corrected chi connectivity index (χ2v) is 6.56. The van der Waals surface area contributed by atoms with Gasteiger partial charge in [0.15, 0.2) is 0 Å². The van der Waals surface area contributed by atoms with Crippen LogP contribution in [0.4, 0.5) is 0 Å². The summed E-state index contributed by atoms with van der Waals surface area (Å²) in [5.74, 6) is 0. The highest BCUT2D eigenvalue weighted by atomic mass is 15.4. The number of fused-ring (bicyclic) bond motifs is 1. The molecule has 2 aromatic rings. The third-order valence-corrected chi connectivity index (χ3v) is 3.69. The van der Waals surface area contributed by atoms with E-state index in [1.165, 1.54) is 30.4 Å². The fourth-order valence-electron chi connectivity index (χ4n) is 2.56. The zero-order valence-electron chi connectivity index (χ0n) is 12.5. The smallest absolute Gasteiger partial charge is 0.0969 e. The Kier molecular flexibility index (Phi) is 3.34. The molecule has 0 amide bonds. The first-order chi connectivity index (χ1) is 9.51. The largest absolute Gasteiger partial charge is 0.306 e.